The van der Waals surface area contributed by atoms with Crippen molar-refractivity contribution in [2.75, 3.05) is 57.8 Å². The van der Waals surface area contributed by atoms with Gasteiger partial charge in [-0.05, 0) is 36.6 Å². The number of aliphatic imine (C=N–C) groups is 1. The molecule has 33 heavy (non-hydrogen) atoms. The van der Waals surface area contributed by atoms with Crippen molar-refractivity contribution in [3.05, 3.63) is 65.4 Å². The van der Waals surface area contributed by atoms with E-state index in [0.717, 1.165) is 77.0 Å². The zero-order chi connectivity index (χ0) is 22.2. The molecule has 178 valence electrons. The number of anilines is 1. The first-order valence-electron chi connectivity index (χ1n) is 11.9. The zero-order valence-corrected chi connectivity index (χ0v) is 22.2. The Morgan fingerprint density at radius 3 is 2.33 bits per heavy atom. The van der Waals surface area contributed by atoms with E-state index in [1.807, 2.05) is 13.2 Å². The van der Waals surface area contributed by atoms with E-state index in [1.165, 1.54) is 16.7 Å². The first-order valence-corrected chi connectivity index (χ1v) is 11.9. The van der Waals surface area contributed by atoms with E-state index < -0.39 is 0 Å². The highest BCUT2D eigenvalue weighted by atomic mass is 127. The summed E-state index contributed by atoms with van der Waals surface area (Å²) in [6.07, 6.45) is 6.50. The van der Waals surface area contributed by atoms with Crippen LogP contribution in [0.25, 0.3) is 6.08 Å². The van der Waals surface area contributed by atoms with Gasteiger partial charge in [-0.25, -0.2) is 4.98 Å². The Bertz CT molecular complexity index is 894. The second-order valence-electron chi connectivity index (χ2n) is 8.55. The summed E-state index contributed by atoms with van der Waals surface area (Å²) in [7, 11) is 1.87. The van der Waals surface area contributed by atoms with Crippen molar-refractivity contribution in [1.29, 1.82) is 0 Å². The van der Waals surface area contributed by atoms with Crippen LogP contribution in [0.2, 0.25) is 0 Å². The molecule has 2 aliphatic rings. The molecule has 2 aromatic rings. The summed E-state index contributed by atoms with van der Waals surface area (Å²) in [5.74, 6) is 2.06. The molecule has 0 atom stereocenters. The number of rotatable bonds is 5. The topological polar surface area (TPSA) is 47.0 Å². The predicted octanol–water partition coefficient (Wildman–Crippen LogP) is 4.10. The van der Waals surface area contributed by atoms with Gasteiger partial charge in [0.2, 0.25) is 0 Å². The lowest BCUT2D eigenvalue weighted by Gasteiger charge is -2.34. The molecule has 1 N–H and O–H groups in total. The highest BCUT2D eigenvalue weighted by Crippen LogP contribution is 2.20. The second-order valence-corrected chi connectivity index (χ2v) is 8.55. The SMILES string of the molecule is CCN1CCN(c2ccc(CNC(=NC)N3CCC(=Cc4ccccc4)CC3)cn2)CC1.I. The molecule has 2 fully saturated rings. The van der Waals surface area contributed by atoms with Crippen LogP contribution in [0, 0.1) is 0 Å². The van der Waals surface area contributed by atoms with Gasteiger partial charge in [0, 0.05) is 59.1 Å². The standard InChI is InChI=1S/C26H36N6.HI/c1-3-30-15-17-31(18-16-30)25-10-9-24(20-28-25)21-29-26(27-2)32-13-11-23(12-14-32)19-22-7-5-4-6-8-22;/h4-10,19-20H,3,11-18,21H2,1-2H3,(H,27,29);1H. The van der Waals surface area contributed by atoms with Crippen LogP contribution in [0.5, 0.6) is 0 Å². The molecular formula is C26H37IN6. The number of halogens is 1. The first kappa shape index (κ1) is 25.5. The number of likely N-dealkylation sites (N-methyl/N-ethyl adjacent to an activating group) is 1. The van der Waals surface area contributed by atoms with Gasteiger partial charge in [-0.3, -0.25) is 4.99 Å². The lowest BCUT2D eigenvalue weighted by Crippen LogP contribution is -2.46. The molecule has 4 rings (SSSR count). The van der Waals surface area contributed by atoms with Crippen LogP contribution in [-0.4, -0.2) is 73.6 Å². The van der Waals surface area contributed by atoms with Gasteiger partial charge in [-0.1, -0.05) is 55.0 Å². The Morgan fingerprint density at radius 1 is 1.00 bits per heavy atom. The number of hydrogen-bond donors (Lipinski definition) is 1. The summed E-state index contributed by atoms with van der Waals surface area (Å²) in [6.45, 7) is 10.5. The van der Waals surface area contributed by atoms with E-state index in [1.54, 1.807) is 0 Å². The molecule has 0 amide bonds. The van der Waals surface area contributed by atoms with Gasteiger partial charge in [-0.2, -0.15) is 0 Å². The number of pyridine rings is 1. The van der Waals surface area contributed by atoms with Crippen molar-refractivity contribution in [1.82, 2.24) is 20.1 Å². The molecule has 0 saturated carbocycles. The normalized spacial score (nSPS) is 17.5. The van der Waals surface area contributed by atoms with Crippen LogP contribution >= 0.6 is 24.0 Å². The average molecular weight is 561 g/mol. The van der Waals surface area contributed by atoms with Crippen LogP contribution < -0.4 is 10.2 Å². The van der Waals surface area contributed by atoms with E-state index in [0.29, 0.717) is 0 Å². The van der Waals surface area contributed by atoms with Crippen LogP contribution in [0.3, 0.4) is 0 Å². The summed E-state index contributed by atoms with van der Waals surface area (Å²) >= 11 is 0. The Labute approximate surface area is 215 Å². The van der Waals surface area contributed by atoms with Gasteiger partial charge in [0.15, 0.2) is 5.96 Å². The minimum atomic E-state index is 0. The van der Waals surface area contributed by atoms with Gasteiger partial charge in [0.25, 0.3) is 0 Å². The Kier molecular flexibility index (Phi) is 9.99. The number of nitrogens with zero attached hydrogens (tertiary/aromatic N) is 5. The summed E-state index contributed by atoms with van der Waals surface area (Å²) in [5.41, 5.74) is 3.99. The number of aromatic nitrogens is 1. The second kappa shape index (κ2) is 12.9. The van der Waals surface area contributed by atoms with E-state index in [9.17, 15) is 0 Å². The third-order valence-corrected chi connectivity index (χ3v) is 6.49. The van der Waals surface area contributed by atoms with Crippen LogP contribution in [0.1, 0.15) is 30.9 Å². The van der Waals surface area contributed by atoms with Crippen molar-refractivity contribution < 1.29 is 0 Å². The van der Waals surface area contributed by atoms with Gasteiger partial charge in [0.1, 0.15) is 5.82 Å². The van der Waals surface area contributed by atoms with Crippen molar-refractivity contribution >= 4 is 41.8 Å². The predicted molar refractivity (Wildman–Crippen MR) is 149 cm³/mol. The van der Waals surface area contributed by atoms with Crippen molar-refractivity contribution in [2.45, 2.75) is 26.3 Å². The molecule has 6 nitrogen and oxygen atoms in total. The lowest BCUT2D eigenvalue weighted by atomic mass is 10.0. The fraction of sp³-hybridized carbons (Fsp3) is 0.462. The minimum Gasteiger partial charge on any atom is -0.354 e. The molecule has 0 spiro atoms. The van der Waals surface area contributed by atoms with Gasteiger partial charge < -0.3 is 20.0 Å². The average Bonchev–Trinajstić information content (AvgIpc) is 2.86. The smallest absolute Gasteiger partial charge is 0.193 e. The first-order chi connectivity index (χ1) is 15.7. The Balaban J connectivity index is 0.00000306. The summed E-state index contributed by atoms with van der Waals surface area (Å²) < 4.78 is 0. The maximum absolute atomic E-state index is 4.73. The maximum Gasteiger partial charge on any atom is 0.193 e. The number of likely N-dealkylation sites (tertiary alicyclic amines) is 1. The molecular weight excluding hydrogens is 523 g/mol. The summed E-state index contributed by atoms with van der Waals surface area (Å²) in [4.78, 5) is 16.5. The quantitative estimate of drug-likeness (QED) is 0.339. The largest absolute Gasteiger partial charge is 0.354 e. The molecule has 0 radical (unpaired) electrons. The van der Waals surface area contributed by atoms with Crippen molar-refractivity contribution in [3.63, 3.8) is 0 Å². The third-order valence-electron chi connectivity index (χ3n) is 6.49. The number of piperazine rings is 1. The summed E-state index contributed by atoms with van der Waals surface area (Å²) in [6, 6.07) is 14.9. The molecule has 1 aromatic carbocycles. The van der Waals surface area contributed by atoms with Gasteiger partial charge >= 0.3 is 0 Å². The fourth-order valence-corrected chi connectivity index (χ4v) is 4.45. The number of hydrogen-bond acceptors (Lipinski definition) is 4. The number of piperidine rings is 1. The molecule has 0 bridgehead atoms. The summed E-state index contributed by atoms with van der Waals surface area (Å²) in [5, 5.41) is 3.53. The Hall–Kier alpha value is -2.13. The zero-order valence-electron chi connectivity index (χ0n) is 19.9. The van der Waals surface area contributed by atoms with Crippen LogP contribution in [-0.2, 0) is 6.54 Å². The highest BCUT2D eigenvalue weighted by molar-refractivity contribution is 14.0. The number of benzene rings is 1. The monoisotopic (exact) mass is 560 g/mol. The molecule has 0 unspecified atom stereocenters. The van der Waals surface area contributed by atoms with E-state index >= 15 is 0 Å². The Morgan fingerprint density at radius 2 is 1.73 bits per heavy atom. The molecule has 7 heteroatoms. The van der Waals surface area contributed by atoms with E-state index in [2.05, 4.69) is 80.5 Å². The molecule has 1 aromatic heterocycles. The van der Waals surface area contributed by atoms with E-state index in [-0.39, 0.29) is 24.0 Å². The fourth-order valence-electron chi connectivity index (χ4n) is 4.45. The minimum absolute atomic E-state index is 0. The van der Waals surface area contributed by atoms with Crippen molar-refractivity contribution in [3.8, 4) is 0 Å². The molecule has 2 aliphatic heterocycles. The van der Waals surface area contributed by atoms with Crippen LogP contribution in [0.4, 0.5) is 5.82 Å². The van der Waals surface area contributed by atoms with Gasteiger partial charge in [-0.15, -0.1) is 24.0 Å². The number of guanidine groups is 1. The maximum atomic E-state index is 4.73. The molecule has 3 heterocycles. The molecule has 0 aliphatic carbocycles. The third kappa shape index (κ3) is 7.17. The lowest BCUT2D eigenvalue weighted by molar-refractivity contribution is 0.270. The van der Waals surface area contributed by atoms with E-state index in [4.69, 9.17) is 4.98 Å². The van der Waals surface area contributed by atoms with Crippen LogP contribution in [0.15, 0.2) is 59.2 Å². The highest BCUT2D eigenvalue weighted by Gasteiger charge is 2.18. The van der Waals surface area contributed by atoms with Crippen molar-refractivity contribution in [2.24, 2.45) is 4.99 Å². The number of nitrogens with one attached hydrogen (secondary N) is 1. The molecule has 2 saturated heterocycles. The van der Waals surface area contributed by atoms with Gasteiger partial charge in [0.05, 0.1) is 0 Å².